The molecule has 1 fully saturated rings. The molecule has 112 valence electrons. The van der Waals surface area contributed by atoms with Crippen molar-refractivity contribution < 1.29 is 13.6 Å². The number of hydrogen-bond donors (Lipinski definition) is 2. The smallest absolute Gasteiger partial charge is 0.262 e. The highest BCUT2D eigenvalue weighted by molar-refractivity contribution is 5.82. The topological polar surface area (TPSA) is 59.0 Å². The van der Waals surface area contributed by atoms with E-state index >= 15 is 0 Å². The lowest BCUT2D eigenvalue weighted by atomic mass is 10.2. The second-order valence-electron chi connectivity index (χ2n) is 5.60. The number of alkyl halides is 2. The highest BCUT2D eigenvalue weighted by Gasteiger charge is 2.42. The van der Waals surface area contributed by atoms with Crippen LogP contribution in [0.15, 0.2) is 12.4 Å². The minimum Gasteiger partial charge on any atom is -0.348 e. The van der Waals surface area contributed by atoms with Crippen molar-refractivity contribution in [1.82, 2.24) is 20.2 Å². The molecule has 1 unspecified atom stereocenters. The number of halogens is 2. The van der Waals surface area contributed by atoms with Gasteiger partial charge in [-0.3, -0.25) is 10.1 Å². The van der Waals surface area contributed by atoms with Crippen molar-refractivity contribution in [2.45, 2.75) is 45.3 Å². The Kier molecular flexibility index (Phi) is 4.37. The molecule has 2 heterocycles. The lowest BCUT2D eigenvalue weighted by Crippen LogP contribution is -2.40. The van der Waals surface area contributed by atoms with Crippen LogP contribution in [0.1, 0.15) is 26.1 Å². The lowest BCUT2D eigenvalue weighted by Gasteiger charge is -2.13. The second kappa shape index (κ2) is 5.87. The fourth-order valence-electron chi connectivity index (χ4n) is 2.26. The Morgan fingerprint density at radius 1 is 1.65 bits per heavy atom. The summed E-state index contributed by atoms with van der Waals surface area (Å²) in [5.74, 6) is -2.00. The Balaban J connectivity index is 1.86. The number of carbonyl (C=O) groups is 1. The molecule has 1 amide bonds. The molecule has 5 nitrogen and oxygen atoms in total. The first kappa shape index (κ1) is 14.9. The van der Waals surface area contributed by atoms with E-state index in [1.807, 2.05) is 10.8 Å². The van der Waals surface area contributed by atoms with Gasteiger partial charge in [-0.15, -0.1) is 0 Å². The van der Waals surface area contributed by atoms with Gasteiger partial charge < -0.3 is 9.88 Å². The first-order chi connectivity index (χ1) is 9.37. The minimum absolute atomic E-state index is 0.252. The maximum atomic E-state index is 13.0. The van der Waals surface area contributed by atoms with Crippen molar-refractivity contribution >= 4 is 5.91 Å². The fraction of sp³-hybridized carbons (Fsp3) is 0.692. The van der Waals surface area contributed by atoms with Gasteiger partial charge in [0.25, 0.3) is 5.92 Å². The van der Waals surface area contributed by atoms with E-state index in [0.717, 1.165) is 12.4 Å². The quantitative estimate of drug-likeness (QED) is 0.854. The van der Waals surface area contributed by atoms with E-state index in [9.17, 15) is 13.6 Å². The Labute approximate surface area is 116 Å². The zero-order valence-corrected chi connectivity index (χ0v) is 11.7. The number of aromatic nitrogens is 2. The highest BCUT2D eigenvalue weighted by Crippen LogP contribution is 2.25. The normalized spacial score (nSPS) is 21.4. The third-order valence-corrected chi connectivity index (χ3v) is 3.21. The van der Waals surface area contributed by atoms with Crippen LogP contribution in [0.25, 0.3) is 0 Å². The van der Waals surface area contributed by atoms with Crippen molar-refractivity contribution in [3.8, 4) is 0 Å². The van der Waals surface area contributed by atoms with Gasteiger partial charge >= 0.3 is 0 Å². The Bertz CT molecular complexity index is 473. The number of nitrogens with one attached hydrogen (secondary N) is 2. The van der Waals surface area contributed by atoms with Crippen LogP contribution in [0.5, 0.6) is 0 Å². The Morgan fingerprint density at radius 2 is 2.40 bits per heavy atom. The summed E-state index contributed by atoms with van der Waals surface area (Å²) in [6, 6.07) is -0.821. The fourth-order valence-corrected chi connectivity index (χ4v) is 2.26. The average molecular weight is 286 g/mol. The summed E-state index contributed by atoms with van der Waals surface area (Å²) in [6.45, 7) is 4.81. The summed E-state index contributed by atoms with van der Waals surface area (Å²) in [5, 5.41) is 5.19. The van der Waals surface area contributed by atoms with Crippen LogP contribution in [-0.2, 0) is 17.9 Å². The summed E-state index contributed by atoms with van der Waals surface area (Å²) in [5.41, 5.74) is 0. The van der Waals surface area contributed by atoms with Gasteiger partial charge in [-0.2, -0.15) is 0 Å². The summed E-state index contributed by atoms with van der Waals surface area (Å²) < 4.78 is 28.0. The average Bonchev–Trinajstić information content (AvgIpc) is 2.92. The third-order valence-electron chi connectivity index (χ3n) is 3.21. The van der Waals surface area contributed by atoms with E-state index in [4.69, 9.17) is 0 Å². The molecule has 0 aliphatic carbocycles. The zero-order valence-electron chi connectivity index (χ0n) is 11.7. The molecule has 2 rings (SSSR count). The van der Waals surface area contributed by atoms with Crippen molar-refractivity contribution in [3.05, 3.63) is 18.2 Å². The van der Waals surface area contributed by atoms with E-state index in [0.29, 0.717) is 5.92 Å². The van der Waals surface area contributed by atoms with Gasteiger partial charge in [0.2, 0.25) is 5.91 Å². The lowest BCUT2D eigenvalue weighted by molar-refractivity contribution is -0.123. The molecular formula is C13H20F2N4O. The maximum absolute atomic E-state index is 13.0. The Hall–Kier alpha value is -1.50. The molecule has 20 heavy (non-hydrogen) atoms. The summed E-state index contributed by atoms with van der Waals surface area (Å²) >= 11 is 0. The van der Waals surface area contributed by atoms with E-state index in [1.165, 1.54) is 0 Å². The van der Waals surface area contributed by atoms with Crippen molar-refractivity contribution in [1.29, 1.82) is 0 Å². The van der Waals surface area contributed by atoms with E-state index < -0.39 is 30.8 Å². The van der Waals surface area contributed by atoms with Gasteiger partial charge in [0, 0.05) is 25.4 Å². The number of rotatable bonds is 5. The molecule has 0 radical (unpaired) electrons. The number of imidazole rings is 1. The molecule has 0 aromatic carbocycles. The maximum Gasteiger partial charge on any atom is 0.262 e. The van der Waals surface area contributed by atoms with Crippen LogP contribution in [0.3, 0.4) is 0 Å². The Morgan fingerprint density at radius 3 is 3.00 bits per heavy atom. The van der Waals surface area contributed by atoms with Gasteiger partial charge in [-0.05, 0) is 5.92 Å². The number of hydrogen-bond acceptors (Lipinski definition) is 3. The molecule has 1 saturated heterocycles. The molecule has 1 aliphatic heterocycles. The van der Waals surface area contributed by atoms with Crippen molar-refractivity contribution in [2.24, 2.45) is 5.92 Å². The van der Waals surface area contributed by atoms with Crippen LogP contribution < -0.4 is 10.6 Å². The second-order valence-corrected chi connectivity index (χ2v) is 5.60. The van der Waals surface area contributed by atoms with Gasteiger partial charge in [-0.1, -0.05) is 13.8 Å². The number of nitrogens with zero attached hydrogens (tertiary/aromatic N) is 2. The van der Waals surface area contributed by atoms with Crippen LogP contribution >= 0.6 is 0 Å². The van der Waals surface area contributed by atoms with E-state index in [1.54, 1.807) is 6.20 Å². The zero-order chi connectivity index (χ0) is 14.8. The number of amides is 1. The van der Waals surface area contributed by atoms with Gasteiger partial charge in [0.1, 0.15) is 5.82 Å². The van der Waals surface area contributed by atoms with E-state index in [-0.39, 0.29) is 6.54 Å². The van der Waals surface area contributed by atoms with Gasteiger partial charge in [0.05, 0.1) is 19.1 Å². The largest absolute Gasteiger partial charge is 0.348 e. The summed E-state index contributed by atoms with van der Waals surface area (Å²) in [4.78, 5) is 16.0. The third kappa shape index (κ3) is 3.75. The summed E-state index contributed by atoms with van der Waals surface area (Å²) in [7, 11) is 0. The standard InChI is InChI=1S/C13H20F2N4O/c1-9(2)7-19-4-3-16-11(19)6-17-12(20)10-5-13(14,15)8-18-10/h3-4,9-10,18H,5-8H2,1-2H3,(H,17,20). The SMILES string of the molecule is CC(C)Cn1ccnc1CNC(=O)C1CC(F)(F)CN1. The van der Waals surface area contributed by atoms with Gasteiger partial charge in [-0.25, -0.2) is 13.8 Å². The highest BCUT2D eigenvalue weighted by atomic mass is 19.3. The summed E-state index contributed by atoms with van der Waals surface area (Å²) in [6.07, 6.45) is 3.08. The van der Waals surface area contributed by atoms with Gasteiger partial charge in [0.15, 0.2) is 0 Å². The molecule has 1 atom stereocenters. The molecular weight excluding hydrogens is 266 g/mol. The molecule has 2 N–H and O–H groups in total. The van der Waals surface area contributed by atoms with Crippen LogP contribution in [0, 0.1) is 5.92 Å². The molecule has 1 aromatic heterocycles. The predicted molar refractivity (Wildman–Crippen MR) is 70.3 cm³/mol. The molecule has 7 heteroatoms. The first-order valence-electron chi connectivity index (χ1n) is 6.76. The molecule has 1 aromatic rings. The first-order valence-corrected chi connectivity index (χ1v) is 6.76. The van der Waals surface area contributed by atoms with Crippen molar-refractivity contribution in [2.75, 3.05) is 6.54 Å². The predicted octanol–water partition coefficient (Wildman–Crippen LogP) is 1.15. The molecule has 1 aliphatic rings. The van der Waals surface area contributed by atoms with Crippen LogP contribution in [0.4, 0.5) is 8.78 Å². The molecule has 0 saturated carbocycles. The van der Waals surface area contributed by atoms with Crippen molar-refractivity contribution in [3.63, 3.8) is 0 Å². The minimum atomic E-state index is -2.79. The molecule has 0 spiro atoms. The van der Waals surface area contributed by atoms with Crippen LogP contribution in [-0.4, -0.2) is 34.0 Å². The molecule has 0 bridgehead atoms. The monoisotopic (exact) mass is 286 g/mol. The number of carbonyl (C=O) groups excluding carboxylic acids is 1. The van der Waals surface area contributed by atoms with Crippen LogP contribution in [0.2, 0.25) is 0 Å². The van der Waals surface area contributed by atoms with E-state index in [2.05, 4.69) is 29.5 Å².